The lowest BCUT2D eigenvalue weighted by molar-refractivity contribution is 0.0421. The van der Waals surface area contributed by atoms with Crippen molar-refractivity contribution in [1.29, 1.82) is 0 Å². The van der Waals surface area contributed by atoms with Crippen molar-refractivity contribution in [2.75, 3.05) is 0 Å². The number of fused-ring (bicyclic) bond motifs is 1. The monoisotopic (exact) mass is 170 g/mol. The predicted octanol–water partition coefficient (Wildman–Crippen LogP) is 1.71. The molecule has 12 heavy (non-hydrogen) atoms. The zero-order chi connectivity index (χ0) is 9.20. The van der Waals surface area contributed by atoms with E-state index in [0.717, 1.165) is 12.8 Å². The minimum Gasteiger partial charge on any atom is -0.393 e. The third-order valence-electron chi connectivity index (χ3n) is 4.06. The number of epoxide rings is 1. The Morgan fingerprint density at radius 2 is 1.75 bits per heavy atom. The Morgan fingerprint density at radius 3 is 2.25 bits per heavy atom. The molecule has 2 aliphatic rings. The predicted molar refractivity (Wildman–Crippen MR) is 46.9 cm³/mol. The molecule has 3 atom stereocenters. The van der Waals surface area contributed by atoms with Crippen LogP contribution < -0.4 is 0 Å². The van der Waals surface area contributed by atoms with Crippen LogP contribution in [0.3, 0.4) is 0 Å². The molecule has 2 heteroatoms. The highest BCUT2D eigenvalue weighted by atomic mass is 16.6. The van der Waals surface area contributed by atoms with Gasteiger partial charge in [-0.3, -0.25) is 0 Å². The quantitative estimate of drug-likeness (QED) is 0.561. The first-order valence-corrected chi connectivity index (χ1v) is 4.69. The van der Waals surface area contributed by atoms with Gasteiger partial charge in [-0.2, -0.15) is 0 Å². The van der Waals surface area contributed by atoms with Crippen LogP contribution in [-0.4, -0.2) is 22.4 Å². The topological polar surface area (TPSA) is 32.8 Å². The summed E-state index contributed by atoms with van der Waals surface area (Å²) in [6.45, 7) is 8.64. The number of rotatable bonds is 0. The molecule has 2 nitrogen and oxygen atoms in total. The van der Waals surface area contributed by atoms with Crippen LogP contribution >= 0.6 is 0 Å². The standard InChI is InChI=1S/C10H18O2/c1-8(2)5-7(11)6-9(3)10(8,4)12-9/h7,11H,5-6H2,1-4H3/t7-,9-,10+/m0/s1. The van der Waals surface area contributed by atoms with Gasteiger partial charge < -0.3 is 9.84 Å². The van der Waals surface area contributed by atoms with Crippen LogP contribution in [0.15, 0.2) is 0 Å². The van der Waals surface area contributed by atoms with E-state index in [1.807, 2.05) is 0 Å². The van der Waals surface area contributed by atoms with Crippen molar-refractivity contribution in [1.82, 2.24) is 0 Å². The molecule has 2 rings (SSSR count). The highest BCUT2D eigenvalue weighted by Crippen LogP contribution is 2.64. The van der Waals surface area contributed by atoms with Crippen LogP contribution in [0.1, 0.15) is 40.5 Å². The summed E-state index contributed by atoms with van der Waals surface area (Å²) in [7, 11) is 0. The molecule has 1 heterocycles. The zero-order valence-electron chi connectivity index (χ0n) is 8.35. The Kier molecular flexibility index (Phi) is 1.33. The van der Waals surface area contributed by atoms with Crippen molar-refractivity contribution >= 4 is 0 Å². The molecule has 0 bridgehead atoms. The van der Waals surface area contributed by atoms with E-state index in [9.17, 15) is 5.11 Å². The van der Waals surface area contributed by atoms with Crippen molar-refractivity contribution in [3.8, 4) is 0 Å². The maximum absolute atomic E-state index is 9.64. The summed E-state index contributed by atoms with van der Waals surface area (Å²) in [6.07, 6.45) is 1.48. The zero-order valence-corrected chi connectivity index (χ0v) is 8.35. The van der Waals surface area contributed by atoms with E-state index in [0.29, 0.717) is 0 Å². The summed E-state index contributed by atoms with van der Waals surface area (Å²) in [5.74, 6) is 0. The van der Waals surface area contributed by atoms with Gasteiger partial charge in [0.1, 0.15) is 5.60 Å². The molecule has 1 N–H and O–H groups in total. The number of aliphatic hydroxyl groups is 1. The Balaban J connectivity index is 2.30. The van der Waals surface area contributed by atoms with Gasteiger partial charge in [0, 0.05) is 6.42 Å². The number of aliphatic hydroxyl groups excluding tert-OH is 1. The van der Waals surface area contributed by atoms with E-state index >= 15 is 0 Å². The van der Waals surface area contributed by atoms with Crippen LogP contribution in [0.4, 0.5) is 0 Å². The van der Waals surface area contributed by atoms with E-state index in [4.69, 9.17) is 4.74 Å². The third-order valence-corrected chi connectivity index (χ3v) is 4.06. The molecule has 0 amide bonds. The smallest absolute Gasteiger partial charge is 0.100 e. The molecule has 1 saturated carbocycles. The highest BCUT2D eigenvalue weighted by Gasteiger charge is 2.72. The second-order valence-corrected chi connectivity index (χ2v) is 5.31. The average molecular weight is 170 g/mol. The molecule has 0 aromatic rings. The lowest BCUT2D eigenvalue weighted by atomic mass is 9.64. The van der Waals surface area contributed by atoms with Crippen LogP contribution in [0.2, 0.25) is 0 Å². The SMILES string of the molecule is CC1(C)C[C@H](O)C[C@]2(C)O[C@]12C. The summed E-state index contributed by atoms with van der Waals surface area (Å²) in [6, 6.07) is 0. The summed E-state index contributed by atoms with van der Waals surface area (Å²) in [5.41, 5.74) is 0.0484. The van der Waals surface area contributed by atoms with Crippen molar-refractivity contribution in [2.45, 2.75) is 57.8 Å². The summed E-state index contributed by atoms with van der Waals surface area (Å²) in [4.78, 5) is 0. The Labute approximate surface area is 73.9 Å². The Morgan fingerprint density at radius 1 is 1.17 bits per heavy atom. The molecule has 1 aliphatic carbocycles. The number of hydrogen-bond donors (Lipinski definition) is 1. The van der Waals surface area contributed by atoms with Crippen LogP contribution in [0.25, 0.3) is 0 Å². The fourth-order valence-electron chi connectivity index (χ4n) is 2.82. The van der Waals surface area contributed by atoms with Gasteiger partial charge in [-0.15, -0.1) is 0 Å². The maximum Gasteiger partial charge on any atom is 0.100 e. The van der Waals surface area contributed by atoms with Crippen molar-refractivity contribution in [2.24, 2.45) is 5.41 Å². The van der Waals surface area contributed by atoms with E-state index in [1.165, 1.54) is 0 Å². The van der Waals surface area contributed by atoms with Gasteiger partial charge in [-0.25, -0.2) is 0 Å². The van der Waals surface area contributed by atoms with Crippen LogP contribution in [0.5, 0.6) is 0 Å². The molecular weight excluding hydrogens is 152 g/mol. The minimum absolute atomic E-state index is 0.000764. The molecule has 0 aromatic carbocycles. The number of hydrogen-bond acceptors (Lipinski definition) is 2. The lowest BCUT2D eigenvalue weighted by Crippen LogP contribution is -2.45. The lowest BCUT2D eigenvalue weighted by Gasteiger charge is -2.38. The van der Waals surface area contributed by atoms with Crippen LogP contribution in [0, 0.1) is 5.41 Å². The largest absolute Gasteiger partial charge is 0.393 e. The van der Waals surface area contributed by atoms with Gasteiger partial charge in [-0.05, 0) is 25.7 Å². The molecule has 70 valence electrons. The fourth-order valence-corrected chi connectivity index (χ4v) is 2.82. The van der Waals surface area contributed by atoms with E-state index in [-0.39, 0.29) is 22.7 Å². The average Bonchev–Trinajstić information content (AvgIpc) is 2.32. The first-order valence-electron chi connectivity index (χ1n) is 4.69. The number of ether oxygens (including phenoxy) is 1. The Hall–Kier alpha value is -0.0800. The van der Waals surface area contributed by atoms with E-state index in [2.05, 4.69) is 27.7 Å². The molecule has 0 radical (unpaired) electrons. The van der Waals surface area contributed by atoms with Crippen molar-refractivity contribution in [3.63, 3.8) is 0 Å². The van der Waals surface area contributed by atoms with Gasteiger partial charge in [0.2, 0.25) is 0 Å². The summed E-state index contributed by atoms with van der Waals surface area (Å²) in [5, 5.41) is 9.64. The van der Waals surface area contributed by atoms with Gasteiger partial charge in [0.25, 0.3) is 0 Å². The van der Waals surface area contributed by atoms with Gasteiger partial charge >= 0.3 is 0 Å². The highest BCUT2D eigenvalue weighted by molar-refractivity contribution is 5.21. The summed E-state index contributed by atoms with van der Waals surface area (Å²) < 4.78 is 5.78. The summed E-state index contributed by atoms with van der Waals surface area (Å²) >= 11 is 0. The first-order chi connectivity index (χ1) is 5.31. The second kappa shape index (κ2) is 1.88. The second-order valence-electron chi connectivity index (χ2n) is 5.31. The molecule has 2 fully saturated rings. The van der Waals surface area contributed by atoms with Gasteiger partial charge in [0.05, 0.1) is 11.7 Å². The normalized spacial score (nSPS) is 56.2. The van der Waals surface area contributed by atoms with E-state index in [1.54, 1.807) is 0 Å². The molecule has 0 spiro atoms. The molecule has 1 aliphatic heterocycles. The minimum atomic E-state index is -0.180. The van der Waals surface area contributed by atoms with Gasteiger partial charge in [-0.1, -0.05) is 13.8 Å². The van der Waals surface area contributed by atoms with Crippen molar-refractivity contribution < 1.29 is 9.84 Å². The molecule has 0 unspecified atom stereocenters. The van der Waals surface area contributed by atoms with Crippen molar-refractivity contribution in [3.05, 3.63) is 0 Å². The van der Waals surface area contributed by atoms with E-state index < -0.39 is 0 Å². The maximum atomic E-state index is 9.64. The van der Waals surface area contributed by atoms with Crippen LogP contribution in [-0.2, 0) is 4.74 Å². The molecule has 1 saturated heterocycles. The van der Waals surface area contributed by atoms with Gasteiger partial charge in [0.15, 0.2) is 0 Å². The third kappa shape index (κ3) is 0.775. The molecular formula is C10H18O2. The first kappa shape index (κ1) is 8.52. The fraction of sp³-hybridized carbons (Fsp3) is 1.00. The Bertz CT molecular complexity index is 224. The molecule has 0 aromatic heterocycles.